The van der Waals surface area contributed by atoms with Gasteiger partial charge in [0.2, 0.25) is 5.69 Å². The lowest BCUT2D eigenvalue weighted by molar-refractivity contribution is 0.591. The van der Waals surface area contributed by atoms with Gasteiger partial charge in [-0.1, -0.05) is 180 Å². The fraction of sp³-hybridized carbons (Fsp3) is 0.117. The summed E-state index contributed by atoms with van der Waals surface area (Å²) in [5.74, 6) is 0. The van der Waals surface area contributed by atoms with Crippen LogP contribution in [0.3, 0.4) is 0 Å². The van der Waals surface area contributed by atoms with Crippen LogP contribution in [-0.4, -0.2) is 18.3 Å². The maximum Gasteiger partial charge on any atom is 0.237 e. The van der Waals surface area contributed by atoms with Gasteiger partial charge in [0.1, 0.15) is 11.7 Å². The first-order valence-corrected chi connectivity index (χ1v) is 28.9. The molecule has 0 spiro atoms. The van der Waals surface area contributed by atoms with Crippen molar-refractivity contribution in [1.82, 2.24) is 18.3 Å². The van der Waals surface area contributed by atoms with Crippen molar-refractivity contribution in [2.45, 2.75) is 59.2 Å². The fourth-order valence-electron chi connectivity index (χ4n) is 13.6. The minimum absolute atomic E-state index is 0.0189. The van der Waals surface area contributed by atoms with E-state index in [4.69, 9.17) is 16.1 Å². The number of benzene rings is 11. The molecule has 85 heavy (non-hydrogen) atoms. The third-order valence-electron chi connectivity index (χ3n) is 17.3. The molecule has 0 fully saturated rings. The number of hydrogen-bond acceptors (Lipinski definition) is 3. The van der Waals surface area contributed by atoms with Crippen LogP contribution >= 0.6 is 11.3 Å². The quantitative estimate of drug-likeness (QED) is 0.165. The molecule has 17 rings (SSSR count). The number of hydrogen-bond donors (Lipinski definition) is 0. The Labute approximate surface area is 510 Å². The Bertz CT molecular complexity index is 6350. The molecule has 0 unspecified atom stereocenters. The molecule has 0 amide bonds. The van der Waals surface area contributed by atoms with Crippen molar-refractivity contribution in [1.29, 1.82) is 5.26 Å². The van der Waals surface area contributed by atoms with Gasteiger partial charge in [-0.25, -0.2) is 4.85 Å². The fourth-order valence-corrected chi connectivity index (χ4v) is 14.7. The molecule has 0 N–H and O–H groups in total. The van der Waals surface area contributed by atoms with Crippen LogP contribution in [0.15, 0.2) is 204 Å². The minimum Gasteiger partial charge on any atom is -0.454 e. The van der Waals surface area contributed by atoms with Crippen molar-refractivity contribution in [3.05, 3.63) is 234 Å². The molecule has 0 bridgehead atoms. The Morgan fingerprint density at radius 3 is 1.73 bits per heavy atom. The van der Waals surface area contributed by atoms with Crippen molar-refractivity contribution in [3.8, 4) is 28.8 Å². The zero-order chi connectivity index (χ0) is 67.9. The minimum atomic E-state index is -3.17. The van der Waals surface area contributed by atoms with Crippen LogP contribution in [-0.2, 0) is 10.8 Å². The van der Waals surface area contributed by atoms with Crippen LogP contribution in [0.4, 0.5) is 5.69 Å². The van der Waals surface area contributed by atoms with E-state index in [1.165, 1.54) is 4.57 Å². The molecular formula is C77H54N6OS. The number of thiophene rings is 1. The standard InChI is InChI=1S/C77H54N6OS/c1-43-33-37-62-53(39-43)50-35-36-51-49-25-14-20-32-65(49)85-75(51)71(50)82(62)68-56(42-78)69(80-58-27-15-9-21-45(58)46-22-10-16-28-59(46)80)73(72(67(68)79-8)81-60-29-17-11-23-47(60)48-24-12-18-30-61(48)81)83-63-38-34-44(76(2,3)4)40-54(63)55-41-57(77(5,6)7)66-52-26-13-19-31-64(52)84-74(66)70(55)83/h9-41H,1-7H3/i1D3,14D,20D,25D,32D,33D,35D,36D,37D,39D. The van der Waals surface area contributed by atoms with Gasteiger partial charge in [-0.05, 0) is 95.5 Å². The molecule has 0 aliphatic heterocycles. The lowest BCUT2D eigenvalue weighted by Crippen LogP contribution is -2.15. The van der Waals surface area contributed by atoms with Crippen molar-refractivity contribution in [2.75, 3.05) is 0 Å². The number of nitriles is 1. The molecule has 0 aliphatic carbocycles. The first-order valence-electron chi connectivity index (χ1n) is 34.1. The maximum absolute atomic E-state index is 13.2. The van der Waals surface area contributed by atoms with Gasteiger partial charge in [0.25, 0.3) is 0 Å². The zero-order valence-corrected chi connectivity index (χ0v) is 47.7. The lowest BCUT2D eigenvalue weighted by Gasteiger charge is -2.27. The van der Waals surface area contributed by atoms with E-state index < -0.39 is 72.2 Å². The van der Waals surface area contributed by atoms with E-state index in [9.17, 15) is 21.4 Å². The number of aromatic nitrogens is 4. The van der Waals surface area contributed by atoms with Crippen molar-refractivity contribution < 1.29 is 20.9 Å². The van der Waals surface area contributed by atoms with Crippen LogP contribution in [0, 0.1) is 24.8 Å². The Hall–Kier alpha value is -10.4. The summed E-state index contributed by atoms with van der Waals surface area (Å²) in [4.78, 5) is 4.71. The number of nitrogens with zero attached hydrogens (tertiary/aromatic N) is 6. The molecule has 11 aromatic carbocycles. The highest BCUT2D eigenvalue weighted by atomic mass is 32.1. The van der Waals surface area contributed by atoms with Gasteiger partial charge >= 0.3 is 0 Å². The first kappa shape index (κ1) is 38.4. The Morgan fingerprint density at radius 1 is 0.518 bits per heavy atom. The highest BCUT2D eigenvalue weighted by Crippen LogP contribution is 2.55. The van der Waals surface area contributed by atoms with Gasteiger partial charge in [-0.2, -0.15) is 5.26 Å². The molecule has 0 aliphatic rings. The van der Waals surface area contributed by atoms with Gasteiger partial charge in [-0.3, -0.25) is 0 Å². The van der Waals surface area contributed by atoms with E-state index in [1.807, 2.05) is 124 Å². The van der Waals surface area contributed by atoms with E-state index in [0.29, 0.717) is 50.0 Å². The maximum atomic E-state index is 13.2. The van der Waals surface area contributed by atoms with Gasteiger partial charge in [0.15, 0.2) is 5.58 Å². The smallest absolute Gasteiger partial charge is 0.237 e. The summed E-state index contributed by atoms with van der Waals surface area (Å²) in [7, 11) is 0. The zero-order valence-electron chi connectivity index (χ0n) is 58.9. The van der Waals surface area contributed by atoms with Gasteiger partial charge in [-0.15, -0.1) is 11.3 Å². The Kier molecular flexibility index (Phi) is 7.84. The summed E-state index contributed by atoms with van der Waals surface area (Å²) in [6.07, 6.45) is 0. The lowest BCUT2D eigenvalue weighted by atomic mass is 9.82. The van der Waals surface area contributed by atoms with Gasteiger partial charge in [0.05, 0.1) is 96.1 Å². The van der Waals surface area contributed by atoms with E-state index in [2.05, 4.69) is 82.5 Å². The SMILES string of the molecule is [2H]c1c([2H])c([2H])c2c(sc3c2c([2H])c([2H])c2c4c([2H])c(C([2H])([2H])[2H])c([2H])c([2H])c4n(-c4c(C#N)c(-n5c6ccccc6c6ccccc65)c(-n5c6ccc(C(C)(C)C)cc6c6cc(C(C)(C)C)c7c8ccccc8oc7c65)c(-n5c6ccccc6c6ccccc65)c4[N+]#[C-])c32)c1[2H]. The average Bonchev–Trinajstić information content (AvgIpc) is 1.45. The summed E-state index contributed by atoms with van der Waals surface area (Å²) < 4.78 is 128. The highest BCUT2D eigenvalue weighted by molar-refractivity contribution is 7.26. The summed E-state index contributed by atoms with van der Waals surface area (Å²) in [6, 6.07) is 45.2. The monoisotopic (exact) mass is 1120 g/mol. The largest absolute Gasteiger partial charge is 0.454 e. The topological polar surface area (TPSA) is 61.0 Å². The third kappa shape index (κ3) is 6.63. The molecule has 0 saturated heterocycles. The molecule has 404 valence electrons. The summed E-state index contributed by atoms with van der Waals surface area (Å²) in [6.45, 7) is 20.1. The average molecular weight is 1120 g/mol. The number of para-hydroxylation sites is 5. The van der Waals surface area contributed by atoms with Crippen LogP contribution in [0.1, 0.15) is 80.2 Å². The summed E-state index contributed by atoms with van der Waals surface area (Å²) in [5.41, 5.74) is 5.29. The van der Waals surface area contributed by atoms with E-state index in [1.54, 1.807) is 0 Å². The molecule has 6 aromatic heterocycles. The van der Waals surface area contributed by atoms with Gasteiger partial charge < -0.3 is 22.7 Å². The second-order valence-electron chi connectivity index (χ2n) is 24.1. The first-order chi connectivity index (χ1) is 46.3. The van der Waals surface area contributed by atoms with Crippen molar-refractivity contribution >= 4 is 146 Å². The Balaban J connectivity index is 1.25. The second kappa shape index (κ2) is 17.3. The molecular weight excluding hydrogens is 1060 g/mol. The number of furan rings is 1. The molecule has 0 saturated carbocycles. The molecule has 8 heteroatoms. The summed E-state index contributed by atoms with van der Waals surface area (Å²) in [5, 5.41) is 19.1. The molecule has 17 aromatic rings. The molecule has 6 heterocycles. The summed E-state index contributed by atoms with van der Waals surface area (Å²) >= 11 is 0.877. The van der Waals surface area contributed by atoms with Crippen LogP contribution in [0.2, 0.25) is 0 Å². The molecule has 0 atom stereocenters. The van der Waals surface area contributed by atoms with Gasteiger partial charge in [0, 0.05) is 73.4 Å². The van der Waals surface area contributed by atoms with E-state index in [0.717, 1.165) is 65.6 Å². The predicted octanol–water partition coefficient (Wildman–Crippen LogP) is 21.7. The number of rotatable bonds is 4. The van der Waals surface area contributed by atoms with E-state index >= 15 is 0 Å². The van der Waals surface area contributed by atoms with Crippen molar-refractivity contribution in [2.24, 2.45) is 0 Å². The highest BCUT2D eigenvalue weighted by Gasteiger charge is 2.37. The van der Waals surface area contributed by atoms with Crippen LogP contribution < -0.4 is 0 Å². The van der Waals surface area contributed by atoms with Crippen LogP contribution in [0.5, 0.6) is 0 Å². The normalized spacial score (nSPS) is 14.8. The third-order valence-corrected chi connectivity index (χ3v) is 18.4. The van der Waals surface area contributed by atoms with Crippen LogP contribution in [0.25, 0.3) is 157 Å². The van der Waals surface area contributed by atoms with Crippen molar-refractivity contribution in [3.63, 3.8) is 0 Å². The number of fused-ring (bicyclic) bond motifs is 20. The Morgan fingerprint density at radius 2 is 1.11 bits per heavy atom. The second-order valence-corrected chi connectivity index (χ2v) is 25.1. The predicted molar refractivity (Wildman–Crippen MR) is 357 cm³/mol. The molecule has 7 nitrogen and oxygen atoms in total. The van der Waals surface area contributed by atoms with E-state index in [-0.39, 0.29) is 75.7 Å². The molecule has 0 radical (unpaired) electrons.